The first-order valence-electron chi connectivity index (χ1n) is 9.09. The highest BCUT2D eigenvalue weighted by atomic mass is 32.1. The molecular weight excluding hydrogens is 405 g/mol. The predicted molar refractivity (Wildman–Crippen MR) is 107 cm³/mol. The number of nitrogens with zero attached hydrogens (tertiary/aromatic N) is 2. The Hall–Kier alpha value is -2.33. The highest BCUT2D eigenvalue weighted by molar-refractivity contribution is 7.09. The molecule has 0 fully saturated rings. The first kappa shape index (κ1) is 23.0. The molecule has 0 bridgehead atoms. The molecule has 1 aromatic heterocycles. The van der Waals surface area contributed by atoms with E-state index in [0.717, 1.165) is 34.5 Å². The summed E-state index contributed by atoms with van der Waals surface area (Å²) in [5, 5.41) is 7.68. The number of hydrogen-bond donors (Lipinski definition) is 2. The number of aliphatic imine (C=N–C) groups is 1. The molecule has 29 heavy (non-hydrogen) atoms. The van der Waals surface area contributed by atoms with E-state index in [1.54, 1.807) is 14.2 Å². The van der Waals surface area contributed by atoms with Gasteiger partial charge in [0.1, 0.15) is 5.75 Å². The number of hydrogen-bond acceptors (Lipinski definition) is 5. The Balaban J connectivity index is 1.57. The van der Waals surface area contributed by atoms with Crippen LogP contribution in [-0.2, 0) is 23.9 Å². The molecule has 2 rings (SSSR count). The van der Waals surface area contributed by atoms with Crippen molar-refractivity contribution in [1.82, 2.24) is 15.6 Å². The minimum atomic E-state index is -4.39. The van der Waals surface area contributed by atoms with Crippen LogP contribution in [0.15, 0.2) is 34.6 Å². The first-order chi connectivity index (χ1) is 13.9. The Morgan fingerprint density at radius 3 is 2.52 bits per heavy atom. The van der Waals surface area contributed by atoms with Gasteiger partial charge in [0.15, 0.2) is 11.7 Å². The Kier molecular flexibility index (Phi) is 9.20. The summed E-state index contributed by atoms with van der Waals surface area (Å²) in [6.07, 6.45) is -3.21. The molecule has 2 N–H and O–H groups in total. The molecule has 0 aliphatic rings. The number of benzene rings is 1. The second kappa shape index (κ2) is 11.6. The molecule has 0 unspecified atom stereocenters. The van der Waals surface area contributed by atoms with Gasteiger partial charge in [-0.2, -0.15) is 13.2 Å². The van der Waals surface area contributed by atoms with E-state index >= 15 is 0 Å². The van der Waals surface area contributed by atoms with E-state index in [2.05, 4.69) is 20.6 Å². The molecule has 0 radical (unpaired) electrons. The van der Waals surface area contributed by atoms with Crippen LogP contribution in [0, 0.1) is 0 Å². The molecule has 0 aliphatic carbocycles. The van der Waals surface area contributed by atoms with Crippen LogP contribution in [0.3, 0.4) is 0 Å². The van der Waals surface area contributed by atoms with Crippen molar-refractivity contribution < 1.29 is 22.6 Å². The van der Waals surface area contributed by atoms with Gasteiger partial charge in [0.2, 0.25) is 0 Å². The van der Waals surface area contributed by atoms with Crippen molar-refractivity contribution in [2.45, 2.75) is 25.6 Å². The zero-order valence-electron chi connectivity index (χ0n) is 16.4. The smallest absolute Gasteiger partial charge is 0.434 e. The second-order valence-electron chi connectivity index (χ2n) is 6.05. The van der Waals surface area contributed by atoms with Gasteiger partial charge in [-0.1, -0.05) is 12.1 Å². The van der Waals surface area contributed by atoms with Crippen molar-refractivity contribution in [1.29, 1.82) is 0 Å². The average molecular weight is 430 g/mol. The van der Waals surface area contributed by atoms with Gasteiger partial charge < -0.3 is 20.1 Å². The topological polar surface area (TPSA) is 67.8 Å². The fraction of sp³-hybridized carbons (Fsp3) is 0.474. The SMILES string of the molecule is CN=C(NCCCOCc1ccc(OC)cc1)NCCc1nc(C(F)(F)F)cs1. The van der Waals surface area contributed by atoms with E-state index in [1.165, 1.54) is 0 Å². The standard InChI is InChI=1S/C19H25F3N4O2S/c1-23-18(25-10-8-17-26-16(13-29-17)19(20,21)22)24-9-3-11-28-12-14-4-6-15(27-2)7-5-14/h4-7,13H,3,8-12H2,1-2H3,(H2,23,24,25). The third-order valence-electron chi connectivity index (χ3n) is 3.88. The highest BCUT2D eigenvalue weighted by Gasteiger charge is 2.33. The number of aromatic nitrogens is 1. The number of ether oxygens (including phenoxy) is 2. The average Bonchev–Trinajstić information content (AvgIpc) is 3.19. The lowest BCUT2D eigenvalue weighted by Crippen LogP contribution is -2.39. The Bertz CT molecular complexity index is 764. The summed E-state index contributed by atoms with van der Waals surface area (Å²) in [4.78, 5) is 7.69. The Morgan fingerprint density at radius 1 is 1.17 bits per heavy atom. The zero-order chi connectivity index (χ0) is 21.1. The van der Waals surface area contributed by atoms with Crippen LogP contribution in [0.5, 0.6) is 5.75 Å². The molecule has 10 heteroatoms. The van der Waals surface area contributed by atoms with Crippen LogP contribution in [0.4, 0.5) is 13.2 Å². The van der Waals surface area contributed by atoms with Crippen LogP contribution >= 0.6 is 11.3 Å². The number of guanidine groups is 1. The lowest BCUT2D eigenvalue weighted by Gasteiger charge is -2.11. The number of nitrogens with one attached hydrogen (secondary N) is 2. The van der Waals surface area contributed by atoms with Gasteiger partial charge >= 0.3 is 6.18 Å². The van der Waals surface area contributed by atoms with Gasteiger partial charge in [-0.05, 0) is 24.1 Å². The van der Waals surface area contributed by atoms with E-state index in [-0.39, 0.29) is 0 Å². The highest BCUT2D eigenvalue weighted by Crippen LogP contribution is 2.29. The summed E-state index contributed by atoms with van der Waals surface area (Å²) < 4.78 is 48.4. The Morgan fingerprint density at radius 2 is 1.90 bits per heavy atom. The van der Waals surface area contributed by atoms with Crippen molar-refractivity contribution in [2.24, 2.45) is 4.99 Å². The summed E-state index contributed by atoms with van der Waals surface area (Å²) >= 11 is 1.01. The quantitative estimate of drug-likeness (QED) is 0.343. The summed E-state index contributed by atoms with van der Waals surface area (Å²) in [6, 6.07) is 7.71. The predicted octanol–water partition coefficient (Wildman–Crippen LogP) is 3.48. The number of thiazole rings is 1. The fourth-order valence-corrected chi connectivity index (χ4v) is 3.16. The maximum absolute atomic E-state index is 12.5. The number of halogens is 3. The third kappa shape index (κ3) is 8.28. The summed E-state index contributed by atoms with van der Waals surface area (Å²) in [6.45, 7) is 2.23. The van der Waals surface area contributed by atoms with E-state index in [1.807, 2.05) is 24.3 Å². The van der Waals surface area contributed by atoms with E-state index in [0.29, 0.717) is 43.7 Å². The van der Waals surface area contributed by atoms with Crippen molar-refractivity contribution >= 4 is 17.3 Å². The Labute approximate surface area is 172 Å². The van der Waals surface area contributed by atoms with Gasteiger partial charge in [-0.25, -0.2) is 4.98 Å². The molecule has 0 atom stereocenters. The molecule has 0 spiro atoms. The minimum Gasteiger partial charge on any atom is -0.497 e. The molecule has 0 aliphatic heterocycles. The second-order valence-corrected chi connectivity index (χ2v) is 7.00. The van der Waals surface area contributed by atoms with Crippen LogP contribution in [0.1, 0.15) is 22.7 Å². The third-order valence-corrected chi connectivity index (χ3v) is 4.79. The van der Waals surface area contributed by atoms with E-state index in [4.69, 9.17) is 9.47 Å². The lowest BCUT2D eigenvalue weighted by atomic mass is 10.2. The largest absolute Gasteiger partial charge is 0.497 e. The monoisotopic (exact) mass is 430 g/mol. The molecule has 0 saturated heterocycles. The van der Waals surface area contributed by atoms with Crippen molar-refractivity contribution in [3.8, 4) is 5.75 Å². The molecule has 0 saturated carbocycles. The van der Waals surface area contributed by atoms with Gasteiger partial charge in [0.25, 0.3) is 0 Å². The molecular formula is C19H25F3N4O2S. The fourth-order valence-electron chi connectivity index (χ4n) is 2.36. The number of alkyl halides is 3. The van der Waals surface area contributed by atoms with E-state index < -0.39 is 11.9 Å². The normalized spacial score (nSPS) is 12.1. The number of rotatable bonds is 10. The molecule has 0 amide bonds. The molecule has 2 aromatic rings. The van der Waals surface area contributed by atoms with Crippen molar-refractivity contribution in [3.05, 3.63) is 45.9 Å². The van der Waals surface area contributed by atoms with Gasteiger partial charge in [-0.15, -0.1) is 11.3 Å². The minimum absolute atomic E-state index is 0.395. The van der Waals surface area contributed by atoms with Gasteiger partial charge in [-0.3, -0.25) is 4.99 Å². The molecule has 160 valence electrons. The van der Waals surface area contributed by atoms with Crippen molar-refractivity contribution in [2.75, 3.05) is 33.9 Å². The molecule has 6 nitrogen and oxygen atoms in total. The van der Waals surface area contributed by atoms with E-state index in [9.17, 15) is 13.2 Å². The van der Waals surface area contributed by atoms with Gasteiger partial charge in [0.05, 0.1) is 18.7 Å². The maximum atomic E-state index is 12.5. The lowest BCUT2D eigenvalue weighted by molar-refractivity contribution is -0.140. The van der Waals surface area contributed by atoms with Crippen molar-refractivity contribution in [3.63, 3.8) is 0 Å². The maximum Gasteiger partial charge on any atom is 0.434 e. The van der Waals surface area contributed by atoms with Crippen LogP contribution in [-0.4, -0.2) is 44.8 Å². The molecule has 1 heterocycles. The van der Waals surface area contributed by atoms with Crippen LogP contribution in [0.25, 0.3) is 0 Å². The molecule has 1 aromatic carbocycles. The zero-order valence-corrected chi connectivity index (χ0v) is 17.2. The summed E-state index contributed by atoms with van der Waals surface area (Å²) in [7, 11) is 3.27. The summed E-state index contributed by atoms with van der Waals surface area (Å²) in [5.74, 6) is 1.40. The summed E-state index contributed by atoms with van der Waals surface area (Å²) in [5.41, 5.74) is 0.238. The van der Waals surface area contributed by atoms with Crippen LogP contribution in [0.2, 0.25) is 0 Å². The first-order valence-corrected chi connectivity index (χ1v) is 9.97. The number of methoxy groups -OCH3 is 1. The van der Waals surface area contributed by atoms with Crippen LogP contribution < -0.4 is 15.4 Å². The van der Waals surface area contributed by atoms with Gasteiger partial charge in [0, 0.05) is 38.5 Å².